The van der Waals surface area contributed by atoms with Crippen LogP contribution in [0.2, 0.25) is 0 Å². The lowest BCUT2D eigenvalue weighted by Crippen LogP contribution is -2.47. The van der Waals surface area contributed by atoms with E-state index < -0.39 is 5.92 Å². The number of ether oxygens (including phenoxy) is 1. The highest BCUT2D eigenvalue weighted by Crippen LogP contribution is 2.33. The third-order valence-corrected chi connectivity index (χ3v) is 8.02. The molecule has 0 saturated carbocycles. The van der Waals surface area contributed by atoms with Gasteiger partial charge in [-0.25, -0.2) is 0 Å². The monoisotopic (exact) mass is 581 g/mol. The summed E-state index contributed by atoms with van der Waals surface area (Å²) >= 11 is 0. The molecule has 0 aromatic heterocycles. The van der Waals surface area contributed by atoms with E-state index >= 15 is 0 Å². The molecular weight excluding hydrogens is 538 g/mol. The van der Waals surface area contributed by atoms with E-state index in [0.29, 0.717) is 17.8 Å². The molecule has 7 nitrogen and oxygen atoms in total. The lowest BCUT2D eigenvalue weighted by molar-refractivity contribution is -0.139. The Morgan fingerprint density at radius 2 is 1.42 bits per heavy atom. The molecule has 3 amide bonds. The molecule has 1 aliphatic rings. The zero-order valence-electron chi connectivity index (χ0n) is 26.0. The summed E-state index contributed by atoms with van der Waals surface area (Å²) in [5.74, 6) is -0.434. The summed E-state index contributed by atoms with van der Waals surface area (Å²) in [5, 5.41) is 3.17. The summed E-state index contributed by atoms with van der Waals surface area (Å²) < 4.78 is 5.29. The fraction of sp³-hybridized carbons (Fsp3) is 0.361. The molecule has 1 atom stereocenters. The third-order valence-electron chi connectivity index (χ3n) is 8.02. The van der Waals surface area contributed by atoms with Crippen molar-refractivity contribution in [3.63, 3.8) is 0 Å². The van der Waals surface area contributed by atoms with Gasteiger partial charge in [-0.1, -0.05) is 72.8 Å². The van der Waals surface area contributed by atoms with Crippen LogP contribution in [0.4, 0.5) is 0 Å². The van der Waals surface area contributed by atoms with Gasteiger partial charge >= 0.3 is 0 Å². The van der Waals surface area contributed by atoms with Gasteiger partial charge in [0.25, 0.3) is 5.91 Å². The molecule has 3 aromatic carbocycles. The summed E-state index contributed by atoms with van der Waals surface area (Å²) in [7, 11) is 1.61. The van der Waals surface area contributed by atoms with Crippen molar-refractivity contribution < 1.29 is 19.1 Å². The van der Waals surface area contributed by atoms with E-state index in [-0.39, 0.29) is 48.7 Å². The Bertz CT molecular complexity index is 1380. The summed E-state index contributed by atoms with van der Waals surface area (Å²) in [4.78, 5) is 45.1. The van der Waals surface area contributed by atoms with Gasteiger partial charge in [-0.15, -0.1) is 0 Å². The molecule has 1 aliphatic heterocycles. The maximum atomic E-state index is 14.0. The Hall–Kier alpha value is -4.39. The van der Waals surface area contributed by atoms with E-state index in [1.807, 2.05) is 124 Å². The zero-order valence-corrected chi connectivity index (χ0v) is 26.0. The molecule has 3 aromatic rings. The van der Waals surface area contributed by atoms with Crippen LogP contribution >= 0.6 is 0 Å². The number of hydrogen-bond donors (Lipinski definition) is 1. The average molecular weight is 582 g/mol. The number of allylic oxidation sites excluding steroid dienone is 1. The first-order chi connectivity index (χ1) is 20.6. The molecule has 0 fully saturated rings. The maximum absolute atomic E-state index is 14.0. The number of carbonyl (C=O) groups excluding carboxylic acids is 3. The van der Waals surface area contributed by atoms with Crippen molar-refractivity contribution in [2.24, 2.45) is 5.92 Å². The van der Waals surface area contributed by atoms with E-state index in [1.165, 1.54) is 0 Å². The standard InChI is InChI=1S/C36H43N3O4/c1-24(2)39(25(3)4)36(42)32-21-30(35(41)38(26(32)5)23-27-17-19-31(43-6)20-18-27)22-33(40)37-34(28-13-9-7-10-14-28)29-15-11-8-12-16-29/h7-20,24-25,30,34H,21-23H2,1-6H3,(H,37,40). The molecule has 7 heteroatoms. The van der Waals surface area contributed by atoms with Crippen LogP contribution in [-0.4, -0.2) is 46.7 Å². The molecule has 1 heterocycles. The van der Waals surface area contributed by atoms with Crippen molar-refractivity contribution in [3.8, 4) is 5.75 Å². The zero-order chi connectivity index (χ0) is 31.1. The number of methoxy groups -OCH3 is 1. The topological polar surface area (TPSA) is 79.0 Å². The molecule has 1 N–H and O–H groups in total. The summed E-state index contributed by atoms with van der Waals surface area (Å²) in [6, 6.07) is 26.7. The average Bonchev–Trinajstić information content (AvgIpc) is 3.00. The van der Waals surface area contributed by atoms with Crippen molar-refractivity contribution in [3.05, 3.63) is 113 Å². The summed E-state index contributed by atoms with van der Waals surface area (Å²) in [6.07, 6.45) is 0.189. The van der Waals surface area contributed by atoms with Gasteiger partial charge in [0.2, 0.25) is 11.8 Å². The quantitative estimate of drug-likeness (QED) is 0.290. The fourth-order valence-electron chi connectivity index (χ4n) is 5.86. The van der Waals surface area contributed by atoms with Crippen molar-refractivity contribution in [1.29, 1.82) is 0 Å². The van der Waals surface area contributed by atoms with Gasteiger partial charge in [-0.3, -0.25) is 14.4 Å². The van der Waals surface area contributed by atoms with Gasteiger partial charge in [0.1, 0.15) is 5.75 Å². The minimum absolute atomic E-state index is 0.0142. The molecular formula is C36H43N3O4. The highest BCUT2D eigenvalue weighted by Gasteiger charge is 2.38. The predicted octanol–water partition coefficient (Wildman–Crippen LogP) is 6.26. The molecule has 43 heavy (non-hydrogen) atoms. The van der Waals surface area contributed by atoms with Crippen LogP contribution < -0.4 is 10.1 Å². The lowest BCUT2D eigenvalue weighted by Gasteiger charge is -2.38. The van der Waals surface area contributed by atoms with E-state index in [4.69, 9.17) is 4.74 Å². The Morgan fingerprint density at radius 3 is 1.91 bits per heavy atom. The van der Waals surface area contributed by atoms with Crippen molar-refractivity contribution >= 4 is 17.7 Å². The van der Waals surface area contributed by atoms with Gasteiger partial charge in [-0.2, -0.15) is 0 Å². The van der Waals surface area contributed by atoms with Gasteiger partial charge in [0.05, 0.1) is 25.6 Å². The Balaban J connectivity index is 1.64. The van der Waals surface area contributed by atoms with Crippen LogP contribution in [0.5, 0.6) is 5.75 Å². The van der Waals surface area contributed by atoms with Crippen LogP contribution in [0.1, 0.15) is 70.2 Å². The van der Waals surface area contributed by atoms with E-state index in [9.17, 15) is 14.4 Å². The second-order valence-corrected chi connectivity index (χ2v) is 11.7. The number of hydrogen-bond acceptors (Lipinski definition) is 4. The molecule has 1 unspecified atom stereocenters. The fourth-order valence-corrected chi connectivity index (χ4v) is 5.86. The van der Waals surface area contributed by atoms with E-state index in [0.717, 1.165) is 22.4 Å². The normalized spacial score (nSPS) is 15.3. The largest absolute Gasteiger partial charge is 0.497 e. The number of rotatable bonds is 11. The van der Waals surface area contributed by atoms with Gasteiger partial charge < -0.3 is 19.9 Å². The smallest absolute Gasteiger partial charge is 0.252 e. The van der Waals surface area contributed by atoms with Crippen molar-refractivity contribution in [2.75, 3.05) is 7.11 Å². The van der Waals surface area contributed by atoms with Crippen LogP contribution in [0.25, 0.3) is 0 Å². The minimum atomic E-state index is -0.672. The van der Waals surface area contributed by atoms with Crippen molar-refractivity contribution in [1.82, 2.24) is 15.1 Å². The first kappa shape index (κ1) is 31.5. The molecule has 4 rings (SSSR count). The number of nitrogens with zero attached hydrogens (tertiary/aromatic N) is 2. The Labute approximate surface area is 255 Å². The first-order valence-corrected chi connectivity index (χ1v) is 15.0. The maximum Gasteiger partial charge on any atom is 0.252 e. The van der Waals surface area contributed by atoms with Crippen LogP contribution in [-0.2, 0) is 20.9 Å². The first-order valence-electron chi connectivity index (χ1n) is 15.0. The molecule has 0 bridgehead atoms. The van der Waals surface area contributed by atoms with Crippen LogP contribution in [0.3, 0.4) is 0 Å². The van der Waals surface area contributed by atoms with E-state index in [2.05, 4.69) is 5.32 Å². The van der Waals surface area contributed by atoms with Gasteiger partial charge in [0, 0.05) is 29.8 Å². The van der Waals surface area contributed by atoms with Crippen LogP contribution in [0.15, 0.2) is 96.2 Å². The number of carbonyl (C=O) groups is 3. The number of nitrogens with one attached hydrogen (secondary N) is 1. The van der Waals surface area contributed by atoms with Gasteiger partial charge in [0.15, 0.2) is 0 Å². The second kappa shape index (κ2) is 14.2. The highest BCUT2D eigenvalue weighted by molar-refractivity contribution is 5.99. The van der Waals surface area contributed by atoms with Gasteiger partial charge in [-0.05, 0) is 69.9 Å². The third kappa shape index (κ3) is 7.53. The summed E-state index contributed by atoms with van der Waals surface area (Å²) in [6.45, 7) is 10.1. The highest BCUT2D eigenvalue weighted by atomic mass is 16.5. The van der Waals surface area contributed by atoms with Crippen molar-refractivity contribution in [2.45, 2.75) is 72.1 Å². The number of benzene rings is 3. The molecule has 226 valence electrons. The molecule has 0 spiro atoms. The molecule has 0 aliphatic carbocycles. The lowest BCUT2D eigenvalue weighted by atomic mass is 9.87. The Kier molecular flexibility index (Phi) is 10.4. The van der Waals surface area contributed by atoms with Crippen LogP contribution in [0, 0.1) is 5.92 Å². The summed E-state index contributed by atoms with van der Waals surface area (Å²) in [5.41, 5.74) is 4.03. The SMILES string of the molecule is COc1ccc(CN2C(=O)C(CC(=O)NC(c3ccccc3)c3ccccc3)CC(C(=O)N(C(C)C)C(C)C)=C2C)cc1. The predicted molar refractivity (Wildman–Crippen MR) is 169 cm³/mol. The molecule has 0 saturated heterocycles. The minimum Gasteiger partial charge on any atom is -0.497 e. The number of amides is 3. The van der Waals surface area contributed by atoms with E-state index in [1.54, 1.807) is 12.0 Å². The molecule has 0 radical (unpaired) electrons. The second-order valence-electron chi connectivity index (χ2n) is 11.7. The Morgan fingerprint density at radius 1 is 0.884 bits per heavy atom.